The molecule has 2 aromatic carbocycles. The van der Waals surface area contributed by atoms with Crippen molar-refractivity contribution in [1.29, 1.82) is 0 Å². The Kier molecular flexibility index (Phi) is 5.43. The lowest BCUT2D eigenvalue weighted by Crippen LogP contribution is -2.02. The van der Waals surface area contributed by atoms with Crippen LogP contribution in [0.3, 0.4) is 0 Å². The van der Waals surface area contributed by atoms with Gasteiger partial charge in [-0.15, -0.1) is 0 Å². The maximum atomic E-state index is 13.8. The van der Waals surface area contributed by atoms with Crippen LogP contribution < -0.4 is 9.47 Å². The third kappa shape index (κ3) is 3.52. The Morgan fingerprint density at radius 2 is 1.95 bits per heavy atom. The van der Waals surface area contributed by atoms with Crippen LogP contribution in [0.25, 0.3) is 0 Å². The van der Waals surface area contributed by atoms with Crippen LogP contribution in [0.4, 0.5) is 4.39 Å². The first kappa shape index (κ1) is 15.3. The molecule has 0 aliphatic rings. The van der Waals surface area contributed by atoms with Crippen molar-refractivity contribution in [3.05, 3.63) is 57.8 Å². The average Bonchev–Trinajstić information content (AvgIpc) is 2.46. The zero-order valence-corrected chi connectivity index (χ0v) is 14.0. The van der Waals surface area contributed by atoms with Gasteiger partial charge in [-0.3, -0.25) is 0 Å². The average molecular weight is 404 g/mol. The summed E-state index contributed by atoms with van der Waals surface area (Å²) in [5.74, 6) is 0.975. The number of rotatable bonds is 5. The minimum atomic E-state index is -0.297. The minimum Gasteiger partial charge on any atom is -0.493 e. The molecule has 0 unspecified atom stereocenters. The Morgan fingerprint density at radius 1 is 1.15 bits per heavy atom. The molecule has 0 bridgehead atoms. The van der Waals surface area contributed by atoms with Gasteiger partial charge in [0.05, 0.1) is 7.11 Å². The molecule has 0 aliphatic heterocycles. The molecule has 20 heavy (non-hydrogen) atoms. The number of hydrogen-bond acceptors (Lipinski definition) is 2. The summed E-state index contributed by atoms with van der Waals surface area (Å²) in [5.41, 5.74) is 1.46. The molecule has 2 rings (SSSR count). The van der Waals surface area contributed by atoms with E-state index in [2.05, 4.69) is 31.9 Å². The molecule has 0 amide bonds. The fourth-order valence-electron chi connectivity index (χ4n) is 1.78. The lowest BCUT2D eigenvalue weighted by Gasteiger charge is -2.14. The van der Waals surface area contributed by atoms with E-state index in [1.54, 1.807) is 19.2 Å². The van der Waals surface area contributed by atoms with Crippen LogP contribution in [0.1, 0.15) is 11.1 Å². The number of methoxy groups -OCH3 is 1. The largest absolute Gasteiger partial charge is 0.493 e. The maximum Gasteiger partial charge on any atom is 0.165 e. The molecule has 0 radical (unpaired) electrons. The molecule has 0 fully saturated rings. The number of hydrogen-bond donors (Lipinski definition) is 0. The van der Waals surface area contributed by atoms with Gasteiger partial charge in [-0.25, -0.2) is 4.39 Å². The van der Waals surface area contributed by atoms with Gasteiger partial charge in [0.1, 0.15) is 12.4 Å². The molecule has 0 saturated heterocycles. The summed E-state index contributed by atoms with van der Waals surface area (Å²) in [7, 11) is 1.58. The summed E-state index contributed by atoms with van der Waals surface area (Å²) >= 11 is 6.64. The first-order chi connectivity index (χ1) is 9.65. The molecule has 0 saturated carbocycles. The summed E-state index contributed by atoms with van der Waals surface area (Å²) < 4.78 is 25.5. The van der Waals surface area contributed by atoms with E-state index in [-0.39, 0.29) is 12.4 Å². The van der Waals surface area contributed by atoms with Crippen molar-refractivity contribution < 1.29 is 13.9 Å². The molecule has 0 spiro atoms. The second kappa shape index (κ2) is 7.09. The second-order valence-corrected chi connectivity index (χ2v) is 5.58. The Labute approximate surface area is 134 Å². The highest BCUT2D eigenvalue weighted by Gasteiger charge is 2.11. The number of ether oxygens (including phenoxy) is 2. The van der Waals surface area contributed by atoms with Gasteiger partial charge in [0, 0.05) is 20.9 Å². The van der Waals surface area contributed by atoms with Crippen LogP contribution in [0, 0.1) is 5.82 Å². The van der Waals surface area contributed by atoms with Gasteiger partial charge in [-0.1, -0.05) is 50.1 Å². The number of benzene rings is 2. The van der Waals surface area contributed by atoms with Gasteiger partial charge in [0.15, 0.2) is 11.5 Å². The number of halogens is 3. The lowest BCUT2D eigenvalue weighted by atomic mass is 10.2. The van der Waals surface area contributed by atoms with Gasteiger partial charge < -0.3 is 9.47 Å². The topological polar surface area (TPSA) is 18.5 Å². The predicted molar refractivity (Wildman–Crippen MR) is 84.1 cm³/mol. The van der Waals surface area contributed by atoms with Crippen LogP contribution in [0.5, 0.6) is 11.5 Å². The van der Waals surface area contributed by atoms with Gasteiger partial charge in [-0.05, 0) is 18.2 Å². The highest BCUT2D eigenvalue weighted by Crippen LogP contribution is 2.33. The fraction of sp³-hybridized carbons (Fsp3) is 0.200. The molecule has 5 heteroatoms. The lowest BCUT2D eigenvalue weighted by molar-refractivity contribution is 0.277. The van der Waals surface area contributed by atoms with E-state index in [1.165, 1.54) is 6.07 Å². The minimum absolute atomic E-state index is 0.152. The second-order valence-electron chi connectivity index (χ2n) is 4.11. The summed E-state index contributed by atoms with van der Waals surface area (Å²) in [6.45, 7) is 0.152. The molecular weight excluding hydrogens is 391 g/mol. The molecule has 0 aliphatic carbocycles. The molecular formula is C15H13Br2FO2. The highest BCUT2D eigenvalue weighted by atomic mass is 79.9. The molecule has 0 aromatic heterocycles. The van der Waals surface area contributed by atoms with Gasteiger partial charge in [0.2, 0.25) is 0 Å². The quantitative estimate of drug-likeness (QED) is 0.648. The summed E-state index contributed by atoms with van der Waals surface area (Å²) in [4.78, 5) is 0. The fourth-order valence-corrected chi connectivity index (χ4v) is 2.55. The normalized spacial score (nSPS) is 10.4. The zero-order chi connectivity index (χ0) is 14.5. The Bertz CT molecular complexity index is 580. The van der Waals surface area contributed by atoms with Crippen molar-refractivity contribution in [1.82, 2.24) is 0 Å². The van der Waals surface area contributed by atoms with Gasteiger partial charge in [0.25, 0.3) is 0 Å². The van der Waals surface area contributed by atoms with E-state index in [1.807, 2.05) is 18.2 Å². The van der Waals surface area contributed by atoms with E-state index < -0.39 is 0 Å². The molecule has 0 atom stereocenters. The van der Waals surface area contributed by atoms with E-state index in [9.17, 15) is 4.39 Å². The van der Waals surface area contributed by atoms with Crippen LogP contribution in [-0.4, -0.2) is 7.11 Å². The highest BCUT2D eigenvalue weighted by molar-refractivity contribution is 9.10. The molecule has 0 N–H and O–H groups in total. The molecule has 2 aromatic rings. The van der Waals surface area contributed by atoms with Crippen LogP contribution in [-0.2, 0) is 11.9 Å². The molecule has 0 heterocycles. The summed E-state index contributed by atoms with van der Waals surface area (Å²) in [5, 5.41) is 0.641. The smallest absolute Gasteiger partial charge is 0.165 e. The van der Waals surface area contributed by atoms with Crippen molar-refractivity contribution in [2.24, 2.45) is 0 Å². The molecule has 106 valence electrons. The Hall–Kier alpha value is -1.07. The van der Waals surface area contributed by atoms with E-state index in [0.717, 1.165) is 5.56 Å². The van der Waals surface area contributed by atoms with Crippen LogP contribution in [0.2, 0.25) is 0 Å². The number of para-hydroxylation sites is 1. The van der Waals surface area contributed by atoms with E-state index in [4.69, 9.17) is 9.47 Å². The monoisotopic (exact) mass is 402 g/mol. The van der Waals surface area contributed by atoms with Crippen molar-refractivity contribution >= 4 is 31.9 Å². The van der Waals surface area contributed by atoms with E-state index >= 15 is 0 Å². The van der Waals surface area contributed by atoms with Crippen molar-refractivity contribution in [3.63, 3.8) is 0 Å². The number of alkyl halides is 1. The molecule has 2 nitrogen and oxygen atoms in total. The third-order valence-corrected chi connectivity index (χ3v) is 3.91. The van der Waals surface area contributed by atoms with Crippen LogP contribution >= 0.6 is 31.9 Å². The van der Waals surface area contributed by atoms with Gasteiger partial charge >= 0.3 is 0 Å². The van der Waals surface area contributed by atoms with Gasteiger partial charge in [-0.2, -0.15) is 0 Å². The Morgan fingerprint density at radius 3 is 2.60 bits per heavy atom. The Balaban J connectivity index is 2.22. The first-order valence-electron chi connectivity index (χ1n) is 5.94. The van der Waals surface area contributed by atoms with E-state index in [0.29, 0.717) is 26.9 Å². The van der Waals surface area contributed by atoms with Crippen molar-refractivity contribution in [2.45, 2.75) is 11.9 Å². The summed E-state index contributed by atoms with van der Waals surface area (Å²) in [6, 6.07) is 10.6. The van der Waals surface area contributed by atoms with Crippen molar-refractivity contribution in [2.75, 3.05) is 7.11 Å². The predicted octanol–water partition coefficient (Wildman–Crippen LogP) is 5.07. The SMILES string of the molecule is COc1cccc(CBr)c1OCc1ccc(Br)cc1F. The summed E-state index contributed by atoms with van der Waals surface area (Å²) in [6.07, 6.45) is 0. The third-order valence-electron chi connectivity index (χ3n) is 2.81. The maximum absolute atomic E-state index is 13.8. The van der Waals surface area contributed by atoms with Crippen molar-refractivity contribution in [3.8, 4) is 11.5 Å². The first-order valence-corrected chi connectivity index (χ1v) is 7.85. The van der Waals surface area contributed by atoms with Crippen LogP contribution in [0.15, 0.2) is 40.9 Å². The zero-order valence-electron chi connectivity index (χ0n) is 10.8. The standard InChI is InChI=1S/C15H13Br2FO2/c1-19-14-4-2-3-10(8-16)15(14)20-9-11-5-6-12(17)7-13(11)18/h2-7H,8-9H2,1H3.